The third-order valence-corrected chi connectivity index (χ3v) is 2.90. The van der Waals surface area contributed by atoms with Crippen molar-refractivity contribution in [3.8, 4) is 5.75 Å². The summed E-state index contributed by atoms with van der Waals surface area (Å²) in [5, 5.41) is 9.14. The highest BCUT2D eigenvalue weighted by molar-refractivity contribution is 5.94. The molecule has 114 valence electrons. The van der Waals surface area contributed by atoms with Crippen molar-refractivity contribution >= 4 is 11.9 Å². The van der Waals surface area contributed by atoms with Crippen molar-refractivity contribution in [1.82, 2.24) is 0 Å². The van der Waals surface area contributed by atoms with E-state index in [-0.39, 0.29) is 24.3 Å². The molecule has 2 rings (SSSR count). The fourth-order valence-electron chi connectivity index (χ4n) is 1.91. The van der Waals surface area contributed by atoms with Crippen LogP contribution in [0.5, 0.6) is 5.75 Å². The van der Waals surface area contributed by atoms with Crippen LogP contribution < -0.4 is 4.74 Å². The summed E-state index contributed by atoms with van der Waals surface area (Å²) in [7, 11) is 0. The minimum Gasteiger partial charge on any atom is -0.489 e. The van der Waals surface area contributed by atoms with Crippen LogP contribution in [0.2, 0.25) is 0 Å². The Bertz CT molecular complexity index is 664. The van der Waals surface area contributed by atoms with E-state index < -0.39 is 11.9 Å². The molecule has 0 saturated heterocycles. The highest BCUT2D eigenvalue weighted by atomic mass is 16.5. The highest BCUT2D eigenvalue weighted by Gasteiger charge is 2.13. The summed E-state index contributed by atoms with van der Waals surface area (Å²) in [5.74, 6) is -0.986. The van der Waals surface area contributed by atoms with Gasteiger partial charge in [0.15, 0.2) is 0 Å². The van der Waals surface area contributed by atoms with Gasteiger partial charge in [0.05, 0.1) is 17.7 Å². The summed E-state index contributed by atoms with van der Waals surface area (Å²) in [5.41, 5.74) is 0.817. The number of carbonyl (C=O) groups is 2. The molecule has 1 N–H and O–H groups in total. The van der Waals surface area contributed by atoms with E-state index in [4.69, 9.17) is 14.6 Å². The van der Waals surface area contributed by atoms with Gasteiger partial charge in [-0.1, -0.05) is 18.2 Å². The molecule has 0 aliphatic carbocycles. The Morgan fingerprint density at radius 2 is 1.73 bits per heavy atom. The SMILES string of the molecule is CCOC(=O)c1cc(COc2ccccc2)cc(C(=O)O)c1. The zero-order chi connectivity index (χ0) is 15.9. The number of carboxylic acid groups (broad SMARTS) is 1. The summed E-state index contributed by atoms with van der Waals surface area (Å²) in [6.07, 6.45) is 0. The lowest BCUT2D eigenvalue weighted by molar-refractivity contribution is 0.0526. The minimum absolute atomic E-state index is 0.0252. The van der Waals surface area contributed by atoms with Gasteiger partial charge in [-0.3, -0.25) is 0 Å². The summed E-state index contributed by atoms with van der Waals surface area (Å²) >= 11 is 0. The summed E-state index contributed by atoms with van der Waals surface area (Å²) in [4.78, 5) is 23.0. The third kappa shape index (κ3) is 4.09. The van der Waals surface area contributed by atoms with Gasteiger partial charge in [-0.15, -0.1) is 0 Å². The Labute approximate surface area is 128 Å². The van der Waals surface area contributed by atoms with Gasteiger partial charge in [-0.25, -0.2) is 9.59 Å². The monoisotopic (exact) mass is 300 g/mol. The number of para-hydroxylation sites is 1. The zero-order valence-corrected chi connectivity index (χ0v) is 12.1. The van der Waals surface area contributed by atoms with E-state index in [1.807, 2.05) is 18.2 Å². The molecule has 0 radical (unpaired) electrons. The maximum Gasteiger partial charge on any atom is 0.338 e. The molecule has 0 atom stereocenters. The van der Waals surface area contributed by atoms with Gasteiger partial charge in [-0.05, 0) is 42.8 Å². The largest absolute Gasteiger partial charge is 0.489 e. The standard InChI is InChI=1S/C17H16O5/c1-2-21-17(20)14-9-12(8-13(10-14)16(18)19)11-22-15-6-4-3-5-7-15/h3-10H,2,11H2,1H3,(H,18,19). The molecule has 5 nitrogen and oxygen atoms in total. The second kappa shape index (κ2) is 7.26. The fourth-order valence-corrected chi connectivity index (χ4v) is 1.91. The summed E-state index contributed by atoms with van der Waals surface area (Å²) < 4.78 is 10.5. The van der Waals surface area contributed by atoms with Crippen LogP contribution in [-0.4, -0.2) is 23.7 Å². The van der Waals surface area contributed by atoms with Gasteiger partial charge in [0.2, 0.25) is 0 Å². The highest BCUT2D eigenvalue weighted by Crippen LogP contribution is 2.16. The van der Waals surface area contributed by atoms with Crippen molar-refractivity contribution in [1.29, 1.82) is 0 Å². The number of ether oxygens (including phenoxy) is 2. The molecule has 0 spiro atoms. The average Bonchev–Trinajstić information content (AvgIpc) is 2.54. The Hall–Kier alpha value is -2.82. The Balaban J connectivity index is 2.22. The molecule has 0 aliphatic rings. The lowest BCUT2D eigenvalue weighted by atomic mass is 10.1. The number of rotatable bonds is 6. The predicted molar refractivity (Wildman–Crippen MR) is 80.1 cm³/mol. The molecule has 5 heteroatoms. The van der Waals surface area contributed by atoms with Crippen molar-refractivity contribution in [2.24, 2.45) is 0 Å². The van der Waals surface area contributed by atoms with Crippen LogP contribution in [0.25, 0.3) is 0 Å². The maximum absolute atomic E-state index is 11.8. The van der Waals surface area contributed by atoms with Crippen molar-refractivity contribution in [3.63, 3.8) is 0 Å². The number of esters is 1. The van der Waals surface area contributed by atoms with E-state index in [9.17, 15) is 9.59 Å². The molecule has 2 aromatic carbocycles. The molecule has 0 aromatic heterocycles. The van der Waals surface area contributed by atoms with Crippen molar-refractivity contribution in [3.05, 3.63) is 65.2 Å². The topological polar surface area (TPSA) is 72.8 Å². The number of hydrogen-bond donors (Lipinski definition) is 1. The van der Waals surface area contributed by atoms with Crippen molar-refractivity contribution in [2.45, 2.75) is 13.5 Å². The number of aromatic carboxylic acids is 1. The second-order valence-electron chi connectivity index (χ2n) is 4.55. The van der Waals surface area contributed by atoms with Crippen LogP contribution >= 0.6 is 0 Å². The zero-order valence-electron chi connectivity index (χ0n) is 12.1. The first kappa shape index (κ1) is 15.6. The molecule has 0 amide bonds. The van der Waals surface area contributed by atoms with Crippen LogP contribution in [0.1, 0.15) is 33.2 Å². The molecule has 0 aliphatic heterocycles. The molecule has 2 aromatic rings. The van der Waals surface area contributed by atoms with E-state index in [0.29, 0.717) is 11.3 Å². The number of benzene rings is 2. The van der Waals surface area contributed by atoms with E-state index >= 15 is 0 Å². The fraction of sp³-hybridized carbons (Fsp3) is 0.176. The molecule has 22 heavy (non-hydrogen) atoms. The quantitative estimate of drug-likeness (QED) is 0.830. The molecule has 0 fully saturated rings. The number of carbonyl (C=O) groups excluding carboxylic acids is 1. The molecule has 0 heterocycles. The van der Waals surface area contributed by atoms with Crippen molar-refractivity contribution < 1.29 is 24.2 Å². The Morgan fingerprint density at radius 3 is 2.36 bits per heavy atom. The number of carboxylic acids is 1. The summed E-state index contributed by atoms with van der Waals surface area (Å²) in [6.45, 7) is 2.09. The first-order valence-electron chi connectivity index (χ1n) is 6.82. The molecular weight excluding hydrogens is 284 g/mol. The van der Waals surface area contributed by atoms with Crippen LogP contribution in [0.15, 0.2) is 48.5 Å². The lowest BCUT2D eigenvalue weighted by Crippen LogP contribution is -2.09. The van der Waals surface area contributed by atoms with Crippen LogP contribution in [0.3, 0.4) is 0 Å². The smallest absolute Gasteiger partial charge is 0.338 e. The van der Waals surface area contributed by atoms with E-state index in [1.165, 1.54) is 12.1 Å². The van der Waals surface area contributed by atoms with Crippen LogP contribution in [0, 0.1) is 0 Å². The maximum atomic E-state index is 11.8. The normalized spacial score (nSPS) is 10.0. The molecule has 0 bridgehead atoms. The van der Waals surface area contributed by atoms with E-state index in [2.05, 4.69) is 0 Å². The molecule has 0 unspecified atom stereocenters. The van der Waals surface area contributed by atoms with Crippen LogP contribution in [0.4, 0.5) is 0 Å². The molecular formula is C17H16O5. The minimum atomic E-state index is -1.10. The van der Waals surface area contributed by atoms with Gasteiger partial charge >= 0.3 is 11.9 Å². The Morgan fingerprint density at radius 1 is 1.05 bits per heavy atom. The van der Waals surface area contributed by atoms with Gasteiger partial charge in [0.25, 0.3) is 0 Å². The lowest BCUT2D eigenvalue weighted by Gasteiger charge is -2.09. The van der Waals surface area contributed by atoms with Crippen molar-refractivity contribution in [2.75, 3.05) is 6.61 Å². The van der Waals surface area contributed by atoms with Gasteiger partial charge in [-0.2, -0.15) is 0 Å². The van der Waals surface area contributed by atoms with E-state index in [1.54, 1.807) is 25.1 Å². The first-order chi connectivity index (χ1) is 10.6. The van der Waals surface area contributed by atoms with Gasteiger partial charge in [0.1, 0.15) is 12.4 Å². The second-order valence-corrected chi connectivity index (χ2v) is 4.55. The van der Waals surface area contributed by atoms with Crippen LogP contribution in [-0.2, 0) is 11.3 Å². The number of hydrogen-bond acceptors (Lipinski definition) is 4. The van der Waals surface area contributed by atoms with E-state index in [0.717, 1.165) is 0 Å². The van der Waals surface area contributed by atoms with Gasteiger partial charge < -0.3 is 14.6 Å². The average molecular weight is 300 g/mol. The van der Waals surface area contributed by atoms with Gasteiger partial charge in [0, 0.05) is 0 Å². The summed E-state index contributed by atoms with van der Waals surface area (Å²) in [6, 6.07) is 13.5. The third-order valence-electron chi connectivity index (χ3n) is 2.90. The Kier molecular flexibility index (Phi) is 5.14. The first-order valence-corrected chi connectivity index (χ1v) is 6.82. The molecule has 0 saturated carbocycles. The predicted octanol–water partition coefficient (Wildman–Crippen LogP) is 3.14.